The monoisotopic (exact) mass is 508 g/mol. The minimum Gasteiger partial charge on any atom is -0.508 e. The Bertz CT molecular complexity index is 1290. The number of nitrogens with zero attached hydrogens (tertiary/aromatic N) is 1. The molecule has 6 atom stereocenters. The molecule has 12 heteroatoms. The molecule has 0 aromatic heterocycles. The van der Waals surface area contributed by atoms with Gasteiger partial charge < -0.3 is 36.4 Å². The zero-order valence-electron chi connectivity index (χ0n) is 19.2. The molecule has 3 aliphatic carbocycles. The first-order valence-electron chi connectivity index (χ1n) is 10.5. The van der Waals surface area contributed by atoms with E-state index in [1.165, 1.54) is 32.0 Å². The quantitative estimate of drug-likeness (QED) is 0.263. The fraction of sp³-hybridized carbons (Fsp3) is 0.435. The number of nitrogens with two attached hydrogens (primary N) is 1. The van der Waals surface area contributed by atoms with Gasteiger partial charge in [-0.3, -0.25) is 19.3 Å². The average Bonchev–Trinajstić information content (AvgIpc) is 2.75. The lowest BCUT2D eigenvalue weighted by molar-refractivity contribution is -0.221. The van der Waals surface area contributed by atoms with E-state index < -0.39 is 86.1 Å². The average molecular weight is 509 g/mol. The molecule has 1 amide bonds. The smallest absolute Gasteiger partial charge is 0.255 e. The summed E-state index contributed by atoms with van der Waals surface area (Å²) in [5.74, 6) is -6.70. The summed E-state index contributed by atoms with van der Waals surface area (Å²) in [5, 5.41) is 67.5. The Morgan fingerprint density at radius 2 is 1.69 bits per heavy atom. The molecule has 0 aliphatic heterocycles. The number of likely N-dealkylation sites (N-methyl/N-ethyl adjacent to an activating group) is 1. The second-order valence-electron chi connectivity index (χ2n) is 9.81. The highest BCUT2D eigenvalue weighted by molar-refractivity contribution is 6.32. The van der Waals surface area contributed by atoms with Gasteiger partial charge in [-0.2, -0.15) is 0 Å². The number of Topliss-reactive ketones (excluding diaryl/α,β-unsaturated/α-hetero) is 2. The maximum Gasteiger partial charge on any atom is 0.255 e. The number of phenols is 1. The first-order valence-corrected chi connectivity index (χ1v) is 10.9. The largest absolute Gasteiger partial charge is 0.508 e. The van der Waals surface area contributed by atoms with Crippen molar-refractivity contribution in [3.63, 3.8) is 0 Å². The Hall–Kier alpha value is -2.96. The van der Waals surface area contributed by atoms with Crippen molar-refractivity contribution >= 4 is 34.8 Å². The second kappa shape index (κ2) is 7.28. The van der Waals surface area contributed by atoms with Crippen LogP contribution in [0.5, 0.6) is 5.75 Å². The fourth-order valence-corrected chi connectivity index (χ4v) is 6.49. The van der Waals surface area contributed by atoms with Crippen LogP contribution >= 0.6 is 11.6 Å². The highest BCUT2D eigenvalue weighted by atomic mass is 35.5. The number of carbonyl (C=O) groups is 3. The van der Waals surface area contributed by atoms with Gasteiger partial charge in [-0.25, -0.2) is 0 Å². The van der Waals surface area contributed by atoms with Crippen molar-refractivity contribution in [3.05, 3.63) is 45.2 Å². The Balaban J connectivity index is 2.20. The SMILES string of the molecule is CN(C)[C@@H]1C(=O)C(C(N)=O)=C(O)[C@@]2(O)C(=O)C3=C(O)c4c(O)ccc(Cl)c4[C@H](O)[C@@]3(C)[C@H](O)[C@@]12C. The molecule has 4 rings (SSSR count). The molecule has 1 saturated carbocycles. The van der Waals surface area contributed by atoms with Gasteiger partial charge in [-0.05, 0) is 33.2 Å². The molecule has 0 unspecified atom stereocenters. The number of primary amides is 1. The van der Waals surface area contributed by atoms with Crippen LogP contribution in [0.25, 0.3) is 5.76 Å². The van der Waals surface area contributed by atoms with Gasteiger partial charge in [0.2, 0.25) is 5.78 Å². The highest BCUT2D eigenvalue weighted by Gasteiger charge is 2.77. The van der Waals surface area contributed by atoms with Crippen LogP contribution in [0.4, 0.5) is 0 Å². The Kier molecular flexibility index (Phi) is 5.23. The zero-order chi connectivity index (χ0) is 26.6. The summed E-state index contributed by atoms with van der Waals surface area (Å²) < 4.78 is 0. The van der Waals surface area contributed by atoms with E-state index in [1.807, 2.05) is 0 Å². The van der Waals surface area contributed by atoms with Crippen LogP contribution in [0, 0.1) is 10.8 Å². The molecule has 0 heterocycles. The number of amides is 1. The number of halogens is 1. The molecule has 1 aromatic carbocycles. The highest BCUT2D eigenvalue weighted by Crippen LogP contribution is 2.66. The van der Waals surface area contributed by atoms with E-state index >= 15 is 0 Å². The van der Waals surface area contributed by atoms with Crippen LogP contribution in [-0.4, -0.2) is 84.9 Å². The van der Waals surface area contributed by atoms with Crippen molar-refractivity contribution in [2.24, 2.45) is 16.6 Å². The number of aliphatic hydroxyl groups excluding tert-OH is 4. The van der Waals surface area contributed by atoms with Crippen LogP contribution in [0.15, 0.2) is 29.0 Å². The van der Waals surface area contributed by atoms with E-state index in [0.717, 1.165) is 13.0 Å². The van der Waals surface area contributed by atoms with Gasteiger partial charge in [0.1, 0.15) is 22.8 Å². The van der Waals surface area contributed by atoms with Crippen molar-refractivity contribution in [2.45, 2.75) is 37.7 Å². The summed E-state index contributed by atoms with van der Waals surface area (Å²) in [6, 6.07) is 0.772. The molecule has 35 heavy (non-hydrogen) atoms. The first kappa shape index (κ1) is 25.1. The molecule has 1 fully saturated rings. The van der Waals surface area contributed by atoms with Gasteiger partial charge in [0.05, 0.1) is 40.2 Å². The third-order valence-corrected chi connectivity index (χ3v) is 8.23. The molecule has 3 aliphatic rings. The summed E-state index contributed by atoms with van der Waals surface area (Å²) in [6.45, 7) is 2.37. The molecular weight excluding hydrogens is 484 g/mol. The molecule has 8 N–H and O–H groups in total. The number of ketones is 2. The summed E-state index contributed by atoms with van der Waals surface area (Å²) in [5.41, 5.74) is -4.55. The lowest BCUT2D eigenvalue weighted by Gasteiger charge is -2.63. The topological polar surface area (TPSA) is 202 Å². The number of aromatic hydroxyl groups is 1. The molecule has 0 saturated heterocycles. The second-order valence-corrected chi connectivity index (χ2v) is 10.2. The first-order chi connectivity index (χ1) is 16.0. The Morgan fingerprint density at radius 3 is 2.20 bits per heavy atom. The number of aliphatic hydroxyl groups is 5. The number of rotatable bonds is 2. The van der Waals surface area contributed by atoms with E-state index in [4.69, 9.17) is 17.3 Å². The minimum absolute atomic E-state index is 0.0922. The van der Waals surface area contributed by atoms with Crippen LogP contribution in [-0.2, 0) is 14.4 Å². The third kappa shape index (κ3) is 2.56. The van der Waals surface area contributed by atoms with Crippen molar-refractivity contribution in [1.29, 1.82) is 0 Å². The molecular formula is C23H25ClN2O9. The van der Waals surface area contributed by atoms with E-state index in [-0.39, 0.29) is 10.6 Å². The van der Waals surface area contributed by atoms with Gasteiger partial charge >= 0.3 is 0 Å². The zero-order valence-corrected chi connectivity index (χ0v) is 20.0. The molecule has 11 nitrogen and oxygen atoms in total. The van der Waals surface area contributed by atoms with Crippen LogP contribution in [0.2, 0.25) is 5.02 Å². The predicted octanol–water partition coefficient (Wildman–Crippen LogP) is -0.141. The number of phenolic OH excluding ortho intramolecular Hbond substituents is 1. The van der Waals surface area contributed by atoms with Gasteiger partial charge in [0.15, 0.2) is 11.4 Å². The number of benzene rings is 1. The fourth-order valence-electron chi connectivity index (χ4n) is 6.23. The lowest BCUT2D eigenvalue weighted by atomic mass is 9.44. The molecule has 188 valence electrons. The van der Waals surface area contributed by atoms with Crippen molar-refractivity contribution in [2.75, 3.05) is 14.1 Å². The summed E-state index contributed by atoms with van der Waals surface area (Å²) in [6.07, 6.45) is -3.82. The molecule has 0 bridgehead atoms. The van der Waals surface area contributed by atoms with E-state index in [1.54, 1.807) is 0 Å². The lowest BCUT2D eigenvalue weighted by Crippen LogP contribution is -2.78. The summed E-state index contributed by atoms with van der Waals surface area (Å²) in [4.78, 5) is 40.6. The number of carbonyl (C=O) groups excluding carboxylic acids is 3. The Morgan fingerprint density at radius 1 is 1.11 bits per heavy atom. The van der Waals surface area contributed by atoms with Gasteiger partial charge in [-0.15, -0.1) is 0 Å². The normalized spacial score (nSPS) is 36.8. The maximum absolute atomic E-state index is 14.0. The van der Waals surface area contributed by atoms with Crippen LogP contribution in [0.3, 0.4) is 0 Å². The van der Waals surface area contributed by atoms with Crippen LogP contribution < -0.4 is 5.73 Å². The Labute approximate surface area is 204 Å². The molecule has 0 spiro atoms. The number of hydrogen-bond acceptors (Lipinski definition) is 10. The summed E-state index contributed by atoms with van der Waals surface area (Å²) >= 11 is 6.25. The predicted molar refractivity (Wildman–Crippen MR) is 121 cm³/mol. The summed E-state index contributed by atoms with van der Waals surface area (Å²) in [7, 11) is 2.78. The molecule has 0 radical (unpaired) electrons. The number of fused-ring (bicyclic) bond motifs is 3. The third-order valence-electron chi connectivity index (χ3n) is 7.90. The minimum atomic E-state index is -3.13. The standard InChI is InChI=1S/C23H25ClN2O9/c1-21-12(13(28)10-8(27)6-5-7(24)9(10)16(21)30)18(32)23(35)17(31)11(19(25)33)14(29)15(26(3)4)22(23,2)20(21)34/h5-6,15-16,20,27-28,30-31,34-35H,1-4H3,(H2,25,33)/t15-,16+,20+,21+,22-,23-/m1/s1. The van der Waals surface area contributed by atoms with Crippen molar-refractivity contribution in [1.82, 2.24) is 4.90 Å². The van der Waals surface area contributed by atoms with Crippen molar-refractivity contribution < 1.29 is 45.0 Å². The van der Waals surface area contributed by atoms with E-state index in [2.05, 4.69) is 0 Å². The van der Waals surface area contributed by atoms with Crippen LogP contribution in [0.1, 0.15) is 31.1 Å². The van der Waals surface area contributed by atoms with Crippen molar-refractivity contribution in [3.8, 4) is 5.75 Å². The van der Waals surface area contributed by atoms with E-state index in [0.29, 0.717) is 0 Å². The van der Waals surface area contributed by atoms with Gasteiger partial charge in [-0.1, -0.05) is 18.5 Å². The van der Waals surface area contributed by atoms with Gasteiger partial charge in [0.25, 0.3) is 5.91 Å². The van der Waals surface area contributed by atoms with E-state index in [9.17, 15) is 45.0 Å². The maximum atomic E-state index is 14.0. The van der Waals surface area contributed by atoms with Gasteiger partial charge in [0, 0.05) is 10.6 Å². The molecule has 1 aromatic rings. The number of hydrogen-bond donors (Lipinski definition) is 7.